The number of ether oxygens (including phenoxy) is 2. The van der Waals surface area contributed by atoms with Crippen LogP contribution in [-0.4, -0.2) is 103 Å². The van der Waals surface area contributed by atoms with Crippen LogP contribution in [0.25, 0.3) is 0 Å². The molecule has 3 aromatic rings. The molecule has 1 aromatic heterocycles. The van der Waals surface area contributed by atoms with E-state index in [-0.39, 0.29) is 63.3 Å². The van der Waals surface area contributed by atoms with E-state index in [1.165, 1.54) is 37.3 Å². The highest BCUT2D eigenvalue weighted by Gasteiger charge is 2.41. The van der Waals surface area contributed by atoms with Gasteiger partial charge in [0, 0.05) is 55.1 Å². The zero-order valence-electron chi connectivity index (χ0n) is 30.1. The van der Waals surface area contributed by atoms with Crippen molar-refractivity contribution >= 4 is 64.5 Å². The van der Waals surface area contributed by atoms with Crippen molar-refractivity contribution in [2.24, 2.45) is 4.99 Å². The number of carbonyl (C=O) groups excluding carboxylic acids is 2. The first kappa shape index (κ1) is 38.4. The standard InChI is InChI=1S/C36H39Cl2FN9O6/c1-48(2,21-22-11-14-40-33(22)47(51)52)17-5-6-29(49)44-15-12-26(13-16-44)46-34-23(19-41-35(43-34)42-25-9-7-24(39)8-10-25)20-45(36(46)50)32-30(37)27(53-3)18-28(54-4)31(32)38/h5-10,14,18-19,26H,11-13,15-17,20-21H2,1-4H3,(H,41,42,43)/q+1/b6-5+. The fourth-order valence-corrected chi connectivity index (χ4v) is 7.42. The second-order valence-electron chi connectivity index (χ2n) is 13.6. The Morgan fingerprint density at radius 1 is 1.13 bits per heavy atom. The zero-order valence-corrected chi connectivity index (χ0v) is 31.6. The molecule has 0 radical (unpaired) electrons. The summed E-state index contributed by atoms with van der Waals surface area (Å²) in [4.78, 5) is 56.7. The van der Waals surface area contributed by atoms with Crippen LogP contribution in [0.15, 0.2) is 65.1 Å². The first-order valence-electron chi connectivity index (χ1n) is 17.1. The Bertz CT molecular complexity index is 2020. The summed E-state index contributed by atoms with van der Waals surface area (Å²) >= 11 is 13.6. The van der Waals surface area contributed by atoms with Gasteiger partial charge in [-0.1, -0.05) is 28.2 Å². The third-order valence-corrected chi connectivity index (χ3v) is 10.1. The quantitative estimate of drug-likeness (QED) is 0.0976. The third kappa shape index (κ3) is 8.10. The summed E-state index contributed by atoms with van der Waals surface area (Å²) in [5.74, 6) is 0.442. The molecule has 0 spiro atoms. The average molecular weight is 784 g/mol. The number of anilines is 4. The lowest BCUT2D eigenvalue weighted by atomic mass is 10.0. The number of halogens is 3. The van der Waals surface area contributed by atoms with E-state index in [1.54, 1.807) is 46.5 Å². The number of likely N-dealkylation sites (N-methyl/N-ethyl adjacent to an activating group) is 1. The SMILES string of the molecule is COc1cc(OC)c(Cl)c(N2Cc3cnc(Nc4ccc(F)cc4)nc3N(C3CCN(C(=O)/C=C/C[N+](C)(C)CC4=C([N+](=O)[O-])N=CC4)CC3)C2=O)c1Cl. The van der Waals surface area contributed by atoms with Crippen molar-refractivity contribution < 1.29 is 32.9 Å². The summed E-state index contributed by atoms with van der Waals surface area (Å²) in [6, 6.07) is 6.45. The van der Waals surface area contributed by atoms with Gasteiger partial charge in [-0.15, -0.1) is 0 Å². The molecule has 1 N–H and O–H groups in total. The average Bonchev–Trinajstić information content (AvgIpc) is 3.61. The van der Waals surface area contributed by atoms with Gasteiger partial charge in [0.1, 0.15) is 45.9 Å². The molecule has 18 heteroatoms. The van der Waals surface area contributed by atoms with Gasteiger partial charge < -0.3 is 34.3 Å². The Morgan fingerprint density at radius 2 is 1.80 bits per heavy atom. The summed E-state index contributed by atoms with van der Waals surface area (Å²) in [5.41, 5.74) is 2.02. The Balaban J connectivity index is 1.22. The van der Waals surface area contributed by atoms with Crippen molar-refractivity contribution in [3.63, 3.8) is 0 Å². The van der Waals surface area contributed by atoms with E-state index >= 15 is 0 Å². The molecule has 0 bridgehead atoms. The minimum atomic E-state index is -0.466. The van der Waals surface area contributed by atoms with Crippen molar-refractivity contribution in [3.8, 4) is 11.5 Å². The molecule has 2 aromatic carbocycles. The Morgan fingerprint density at radius 3 is 2.43 bits per heavy atom. The summed E-state index contributed by atoms with van der Waals surface area (Å²) in [6.07, 6.45) is 7.76. The third-order valence-electron chi connectivity index (χ3n) is 9.42. The number of aromatic nitrogens is 2. The van der Waals surface area contributed by atoms with E-state index < -0.39 is 11.0 Å². The lowest BCUT2D eigenvalue weighted by molar-refractivity contribution is -0.880. The van der Waals surface area contributed by atoms with Crippen LogP contribution in [0.4, 0.5) is 32.3 Å². The van der Waals surface area contributed by atoms with Crippen molar-refractivity contribution in [2.45, 2.75) is 31.8 Å². The Labute approximate surface area is 321 Å². The summed E-state index contributed by atoms with van der Waals surface area (Å²) in [5, 5.41) is 14.6. The van der Waals surface area contributed by atoms with Crippen molar-refractivity contribution in [2.75, 3.05) is 69.6 Å². The lowest BCUT2D eigenvalue weighted by Crippen LogP contribution is -2.55. The number of nitrogens with zero attached hydrogens (tertiary/aromatic N) is 8. The molecule has 1 fully saturated rings. The fraction of sp³-hybridized carbons (Fsp3) is 0.361. The predicted octanol–water partition coefficient (Wildman–Crippen LogP) is 6.22. The van der Waals surface area contributed by atoms with E-state index in [4.69, 9.17) is 37.7 Å². The number of nitrogens with one attached hydrogen (secondary N) is 1. The Kier molecular flexibility index (Phi) is 11.4. The smallest absolute Gasteiger partial charge is 0.368 e. The molecule has 6 rings (SSSR count). The number of rotatable bonds is 12. The topological polar surface area (TPSA) is 156 Å². The van der Waals surface area contributed by atoms with Gasteiger partial charge in [0.2, 0.25) is 11.9 Å². The molecule has 3 amide bonds. The number of quaternary nitrogens is 1. The summed E-state index contributed by atoms with van der Waals surface area (Å²) in [6.45, 7) is 1.65. The first-order valence-corrected chi connectivity index (χ1v) is 17.8. The Hall–Kier alpha value is -5.32. The van der Waals surface area contributed by atoms with Gasteiger partial charge in [0.25, 0.3) is 0 Å². The van der Waals surface area contributed by atoms with Crippen molar-refractivity contribution in [1.82, 2.24) is 14.9 Å². The molecular weight excluding hydrogens is 744 g/mol. The van der Waals surface area contributed by atoms with Gasteiger partial charge in [-0.3, -0.25) is 14.6 Å². The molecule has 1 saturated heterocycles. The van der Waals surface area contributed by atoms with E-state index in [2.05, 4.69) is 15.3 Å². The van der Waals surface area contributed by atoms with Gasteiger partial charge in [-0.2, -0.15) is 4.98 Å². The first-order chi connectivity index (χ1) is 25.8. The maximum atomic E-state index is 14.6. The predicted molar refractivity (Wildman–Crippen MR) is 203 cm³/mol. The number of piperidine rings is 1. The number of fused-ring (bicyclic) bond motifs is 1. The van der Waals surface area contributed by atoms with Gasteiger partial charge in [0.15, 0.2) is 0 Å². The number of hydrogen-bond donors (Lipinski definition) is 1. The van der Waals surface area contributed by atoms with E-state index in [0.29, 0.717) is 72.6 Å². The number of nitro groups is 1. The van der Waals surface area contributed by atoms with Gasteiger partial charge in [0.05, 0.1) is 52.7 Å². The van der Waals surface area contributed by atoms with E-state index in [0.717, 1.165) is 0 Å². The largest absolute Gasteiger partial charge is 0.495 e. The highest BCUT2D eigenvalue weighted by atomic mass is 35.5. The molecule has 15 nitrogen and oxygen atoms in total. The minimum absolute atomic E-state index is 0.0336. The van der Waals surface area contributed by atoms with Gasteiger partial charge in [-0.25, -0.2) is 14.2 Å². The van der Waals surface area contributed by atoms with Crippen LogP contribution in [0.5, 0.6) is 11.5 Å². The van der Waals surface area contributed by atoms with E-state index in [9.17, 15) is 24.1 Å². The monoisotopic (exact) mass is 782 g/mol. The number of aliphatic imine (C=N–C) groups is 1. The number of methoxy groups -OCH3 is 2. The second kappa shape index (κ2) is 16.0. The number of urea groups is 1. The zero-order chi connectivity index (χ0) is 38.7. The second-order valence-corrected chi connectivity index (χ2v) is 14.4. The molecule has 0 saturated carbocycles. The molecule has 0 aliphatic carbocycles. The molecule has 0 unspecified atom stereocenters. The number of likely N-dealkylation sites (tertiary alicyclic amines) is 1. The molecule has 284 valence electrons. The lowest BCUT2D eigenvalue weighted by Gasteiger charge is -2.43. The minimum Gasteiger partial charge on any atom is -0.495 e. The number of carbonyl (C=O) groups is 2. The van der Waals surface area contributed by atoms with Crippen LogP contribution in [0, 0.1) is 15.9 Å². The van der Waals surface area contributed by atoms with Crippen LogP contribution in [0.3, 0.4) is 0 Å². The molecule has 4 heterocycles. The molecule has 3 aliphatic heterocycles. The molecular formula is C36H39Cl2FN9O6+. The van der Waals surface area contributed by atoms with Crippen LogP contribution < -0.4 is 24.6 Å². The number of amides is 3. The highest BCUT2D eigenvalue weighted by Crippen LogP contribution is 2.48. The fourth-order valence-electron chi connectivity index (χ4n) is 6.72. The van der Waals surface area contributed by atoms with Crippen molar-refractivity contribution in [1.29, 1.82) is 0 Å². The van der Waals surface area contributed by atoms with Gasteiger partial charge in [-0.05, 0) is 48.1 Å². The normalized spacial score (nSPS) is 16.4. The summed E-state index contributed by atoms with van der Waals surface area (Å²) in [7, 11) is 6.77. The van der Waals surface area contributed by atoms with Gasteiger partial charge >= 0.3 is 11.9 Å². The molecule has 3 aliphatic rings. The van der Waals surface area contributed by atoms with Crippen LogP contribution in [0.2, 0.25) is 10.0 Å². The van der Waals surface area contributed by atoms with Crippen LogP contribution >= 0.6 is 23.2 Å². The number of hydrogen-bond acceptors (Lipinski definition) is 10. The maximum absolute atomic E-state index is 14.6. The molecule has 0 atom stereocenters. The molecule has 54 heavy (non-hydrogen) atoms. The summed E-state index contributed by atoms with van der Waals surface area (Å²) < 4.78 is 24.9. The number of benzene rings is 2. The van der Waals surface area contributed by atoms with E-state index in [1.807, 2.05) is 14.1 Å². The van der Waals surface area contributed by atoms with Crippen LogP contribution in [0.1, 0.15) is 24.8 Å². The highest BCUT2D eigenvalue weighted by molar-refractivity contribution is 6.42. The van der Waals surface area contributed by atoms with Crippen LogP contribution in [-0.2, 0) is 11.3 Å². The maximum Gasteiger partial charge on any atom is 0.368 e. The van der Waals surface area contributed by atoms with Crippen molar-refractivity contribution in [3.05, 3.63) is 91.6 Å².